The lowest BCUT2D eigenvalue weighted by atomic mass is 10.3. The molecule has 0 radical (unpaired) electrons. The van der Waals surface area contributed by atoms with Crippen LogP contribution in [0.3, 0.4) is 0 Å². The van der Waals surface area contributed by atoms with Crippen molar-refractivity contribution in [1.82, 2.24) is 20.0 Å². The Balaban J connectivity index is 1.54. The van der Waals surface area contributed by atoms with Crippen molar-refractivity contribution in [3.63, 3.8) is 0 Å². The van der Waals surface area contributed by atoms with Crippen molar-refractivity contribution in [3.05, 3.63) is 30.1 Å². The molecule has 0 bridgehead atoms. The van der Waals surface area contributed by atoms with Crippen LogP contribution in [0.4, 0.5) is 15.2 Å². The van der Waals surface area contributed by atoms with Crippen LogP contribution in [0.15, 0.2) is 28.6 Å². The van der Waals surface area contributed by atoms with Gasteiger partial charge in [-0.25, -0.2) is 4.39 Å². The first-order valence-electron chi connectivity index (χ1n) is 8.59. The van der Waals surface area contributed by atoms with E-state index in [0.717, 1.165) is 37.1 Å². The fraction of sp³-hybridized carbons (Fsp3) is 0.471. The predicted molar refractivity (Wildman–Crippen MR) is 104 cm³/mol. The number of anilines is 2. The van der Waals surface area contributed by atoms with E-state index < -0.39 is 0 Å². The molecule has 26 heavy (non-hydrogen) atoms. The van der Waals surface area contributed by atoms with E-state index in [-0.39, 0.29) is 17.0 Å². The Hall–Kier alpha value is -1.71. The monoisotopic (exact) mass is 395 g/mol. The molecule has 140 valence electrons. The first-order chi connectivity index (χ1) is 12.5. The van der Waals surface area contributed by atoms with Crippen LogP contribution in [0.5, 0.6) is 0 Å². The first-order valence-corrected chi connectivity index (χ1v) is 10.3. The highest BCUT2D eigenvalue weighted by Gasteiger charge is 2.25. The van der Waals surface area contributed by atoms with Gasteiger partial charge in [0.15, 0.2) is 4.34 Å². The van der Waals surface area contributed by atoms with Crippen LogP contribution in [-0.4, -0.2) is 63.9 Å². The third-order valence-corrected chi connectivity index (χ3v) is 6.25. The summed E-state index contributed by atoms with van der Waals surface area (Å²) in [6.45, 7) is 8.49. The van der Waals surface area contributed by atoms with Gasteiger partial charge in [-0.05, 0) is 31.7 Å². The molecule has 2 aromatic rings. The van der Waals surface area contributed by atoms with Gasteiger partial charge < -0.3 is 15.1 Å². The number of nitrogens with zero attached hydrogens (tertiary/aromatic N) is 4. The summed E-state index contributed by atoms with van der Waals surface area (Å²) in [5.41, 5.74) is 0.621. The fourth-order valence-electron chi connectivity index (χ4n) is 2.74. The average molecular weight is 396 g/mol. The summed E-state index contributed by atoms with van der Waals surface area (Å²) in [7, 11) is 0. The number of benzene rings is 1. The molecular formula is C17H22FN5OS2. The minimum absolute atomic E-state index is 0.139. The summed E-state index contributed by atoms with van der Waals surface area (Å²) >= 11 is 2.77. The van der Waals surface area contributed by atoms with Crippen molar-refractivity contribution in [1.29, 1.82) is 0 Å². The van der Waals surface area contributed by atoms with Gasteiger partial charge in [-0.2, -0.15) is 0 Å². The SMILES string of the molecule is CCN1CCN(C(=O)C(C)Sc2nnc(Nc3cccc(F)c3)s2)CC1. The van der Waals surface area contributed by atoms with Crippen molar-refractivity contribution >= 4 is 39.8 Å². The molecule has 1 fully saturated rings. The lowest BCUT2D eigenvalue weighted by Gasteiger charge is -2.35. The Morgan fingerprint density at radius 2 is 2.12 bits per heavy atom. The van der Waals surface area contributed by atoms with Gasteiger partial charge in [0, 0.05) is 31.9 Å². The van der Waals surface area contributed by atoms with E-state index in [2.05, 4.69) is 27.3 Å². The second-order valence-electron chi connectivity index (χ2n) is 6.03. The Bertz CT molecular complexity index is 748. The standard InChI is InChI=1S/C17H22FN5OS2/c1-3-22-7-9-23(10-8-22)15(24)12(2)25-17-21-20-16(26-17)19-14-6-4-5-13(18)11-14/h4-6,11-12H,3,7-10H2,1-2H3,(H,19,20). The van der Waals surface area contributed by atoms with E-state index in [9.17, 15) is 9.18 Å². The number of aromatic nitrogens is 2. The number of piperazine rings is 1. The zero-order chi connectivity index (χ0) is 18.5. The molecule has 1 unspecified atom stereocenters. The molecule has 0 saturated carbocycles. The highest BCUT2D eigenvalue weighted by Crippen LogP contribution is 2.31. The second kappa shape index (κ2) is 8.79. The number of hydrogen-bond acceptors (Lipinski definition) is 7. The summed E-state index contributed by atoms with van der Waals surface area (Å²) in [6, 6.07) is 6.18. The molecule has 3 rings (SSSR count). The Morgan fingerprint density at radius 1 is 1.35 bits per heavy atom. The van der Waals surface area contributed by atoms with Crippen LogP contribution in [0.1, 0.15) is 13.8 Å². The van der Waals surface area contributed by atoms with Crippen molar-refractivity contribution in [2.24, 2.45) is 0 Å². The fourth-order valence-corrected chi connectivity index (χ4v) is 4.74. The number of halogens is 1. The topological polar surface area (TPSA) is 61.4 Å². The molecule has 2 heterocycles. The molecule has 1 N–H and O–H groups in total. The maximum absolute atomic E-state index is 13.2. The van der Waals surface area contributed by atoms with Crippen molar-refractivity contribution in [3.8, 4) is 0 Å². The summed E-state index contributed by atoms with van der Waals surface area (Å²) in [5, 5.41) is 11.6. The summed E-state index contributed by atoms with van der Waals surface area (Å²) in [4.78, 5) is 16.9. The van der Waals surface area contributed by atoms with Crippen LogP contribution in [0, 0.1) is 5.82 Å². The maximum Gasteiger partial charge on any atom is 0.235 e. The summed E-state index contributed by atoms with van der Waals surface area (Å²) < 4.78 is 14.0. The zero-order valence-corrected chi connectivity index (χ0v) is 16.4. The third kappa shape index (κ3) is 4.93. The van der Waals surface area contributed by atoms with E-state index >= 15 is 0 Å². The molecule has 0 spiro atoms. The van der Waals surface area contributed by atoms with E-state index in [1.807, 2.05) is 11.8 Å². The molecule has 1 aliphatic rings. The number of nitrogens with one attached hydrogen (secondary N) is 1. The van der Waals surface area contributed by atoms with Gasteiger partial charge in [-0.15, -0.1) is 10.2 Å². The smallest absolute Gasteiger partial charge is 0.235 e. The number of rotatable bonds is 6. The lowest BCUT2D eigenvalue weighted by molar-refractivity contribution is -0.132. The molecule has 1 aromatic carbocycles. The number of likely N-dealkylation sites (N-methyl/N-ethyl adjacent to an activating group) is 1. The lowest BCUT2D eigenvalue weighted by Crippen LogP contribution is -2.50. The largest absolute Gasteiger partial charge is 0.339 e. The Labute approximate surface area is 160 Å². The highest BCUT2D eigenvalue weighted by molar-refractivity contribution is 8.02. The number of amides is 1. The van der Waals surface area contributed by atoms with Gasteiger partial charge in [0.05, 0.1) is 5.25 Å². The van der Waals surface area contributed by atoms with Crippen LogP contribution in [-0.2, 0) is 4.79 Å². The van der Waals surface area contributed by atoms with Gasteiger partial charge in [-0.1, -0.05) is 36.1 Å². The molecule has 1 atom stereocenters. The molecule has 1 amide bonds. The van der Waals surface area contributed by atoms with E-state index in [1.54, 1.807) is 12.1 Å². The Morgan fingerprint density at radius 3 is 2.81 bits per heavy atom. The van der Waals surface area contributed by atoms with Crippen LogP contribution >= 0.6 is 23.1 Å². The summed E-state index contributed by atoms with van der Waals surface area (Å²) in [6.07, 6.45) is 0. The van der Waals surface area contributed by atoms with Crippen molar-refractivity contribution in [2.45, 2.75) is 23.4 Å². The first kappa shape index (κ1) is 19.1. The zero-order valence-electron chi connectivity index (χ0n) is 14.8. The Kier molecular flexibility index (Phi) is 6.44. The minimum atomic E-state index is -0.309. The number of carbonyl (C=O) groups is 1. The molecule has 9 heteroatoms. The van der Waals surface area contributed by atoms with Crippen LogP contribution in [0.2, 0.25) is 0 Å². The third-order valence-electron chi connectivity index (χ3n) is 4.24. The van der Waals surface area contributed by atoms with Crippen LogP contribution < -0.4 is 5.32 Å². The van der Waals surface area contributed by atoms with E-state index in [4.69, 9.17) is 0 Å². The molecule has 1 aliphatic heterocycles. The van der Waals surface area contributed by atoms with Gasteiger partial charge in [0.25, 0.3) is 0 Å². The van der Waals surface area contributed by atoms with Gasteiger partial charge in [0.2, 0.25) is 11.0 Å². The van der Waals surface area contributed by atoms with E-state index in [0.29, 0.717) is 10.8 Å². The number of carbonyl (C=O) groups excluding carboxylic acids is 1. The quantitative estimate of drug-likeness (QED) is 0.759. The van der Waals surface area contributed by atoms with Gasteiger partial charge in [-0.3, -0.25) is 4.79 Å². The molecule has 1 saturated heterocycles. The highest BCUT2D eigenvalue weighted by atomic mass is 32.2. The molecule has 1 aromatic heterocycles. The van der Waals surface area contributed by atoms with Crippen molar-refractivity contribution in [2.75, 3.05) is 38.0 Å². The number of hydrogen-bond donors (Lipinski definition) is 1. The predicted octanol–water partition coefficient (Wildman–Crippen LogP) is 3.07. The molecule has 0 aliphatic carbocycles. The number of thioether (sulfide) groups is 1. The van der Waals surface area contributed by atoms with Crippen LogP contribution in [0.25, 0.3) is 0 Å². The van der Waals surface area contributed by atoms with E-state index in [1.165, 1.54) is 35.2 Å². The normalized spacial score (nSPS) is 16.5. The minimum Gasteiger partial charge on any atom is -0.339 e. The average Bonchev–Trinajstić information content (AvgIpc) is 3.08. The summed E-state index contributed by atoms with van der Waals surface area (Å²) in [5.74, 6) is -0.169. The molecule has 6 nitrogen and oxygen atoms in total. The van der Waals surface area contributed by atoms with Gasteiger partial charge in [0.1, 0.15) is 5.82 Å². The maximum atomic E-state index is 13.2. The second-order valence-corrected chi connectivity index (χ2v) is 8.59. The van der Waals surface area contributed by atoms with Gasteiger partial charge >= 0.3 is 0 Å². The molecular weight excluding hydrogens is 373 g/mol. The van der Waals surface area contributed by atoms with Crippen molar-refractivity contribution < 1.29 is 9.18 Å².